The third-order valence-electron chi connectivity index (χ3n) is 4.78. The Bertz CT molecular complexity index is 690. The Kier molecular flexibility index (Phi) is 6.77. The number of hydrogen-bond donors (Lipinski definition) is 4. The van der Waals surface area contributed by atoms with Crippen molar-refractivity contribution in [3.63, 3.8) is 0 Å². The van der Waals surface area contributed by atoms with Crippen LogP contribution in [0.5, 0.6) is 0 Å². The highest BCUT2D eigenvalue weighted by Crippen LogP contribution is 2.34. The smallest absolute Gasteiger partial charge is 0.427 e. The van der Waals surface area contributed by atoms with Gasteiger partial charge in [-0.15, -0.1) is 0 Å². The fourth-order valence-electron chi connectivity index (χ4n) is 3.02. The minimum atomic E-state index is -1.61. The number of carbonyl (C=O) groups excluding carboxylic acids is 2. The van der Waals surface area contributed by atoms with E-state index in [1.165, 1.54) is 6.92 Å². The molecule has 0 radical (unpaired) electrons. The molecule has 0 saturated carbocycles. The van der Waals surface area contributed by atoms with E-state index in [2.05, 4.69) is 10.6 Å². The van der Waals surface area contributed by atoms with Crippen LogP contribution in [0.3, 0.4) is 0 Å². The van der Waals surface area contributed by atoms with Crippen molar-refractivity contribution in [2.45, 2.75) is 38.2 Å². The highest BCUT2D eigenvalue weighted by Gasteiger charge is 2.43. The number of carbonyl (C=O) groups is 2. The third-order valence-corrected chi connectivity index (χ3v) is 4.78. The zero-order valence-electron chi connectivity index (χ0n) is 15.1. The number of amides is 2. The second-order valence-electron chi connectivity index (χ2n) is 6.49. The van der Waals surface area contributed by atoms with Gasteiger partial charge in [0.1, 0.15) is 5.92 Å². The lowest BCUT2D eigenvalue weighted by atomic mass is 9.59. The number of rotatable bonds is 7. The molecule has 1 aromatic rings. The Morgan fingerprint density at radius 1 is 1.19 bits per heavy atom. The molecule has 6 nitrogen and oxygen atoms in total. The molecule has 0 aromatic heterocycles. The zero-order chi connectivity index (χ0) is 19.2. The quantitative estimate of drug-likeness (QED) is 0.435. The molecule has 0 fully saturated rings. The summed E-state index contributed by atoms with van der Waals surface area (Å²) in [7, 11) is -1.61. The lowest BCUT2D eigenvalue weighted by Crippen LogP contribution is -2.56. The molecule has 2 unspecified atom stereocenters. The largest absolute Gasteiger partial charge is 0.461 e. The fraction of sp³-hybridized carbons (Fsp3) is 0.368. The molecule has 0 spiro atoms. The van der Waals surface area contributed by atoms with E-state index in [1.807, 2.05) is 37.3 Å². The van der Waals surface area contributed by atoms with Crippen molar-refractivity contribution in [3.05, 3.63) is 60.2 Å². The van der Waals surface area contributed by atoms with Gasteiger partial charge in [0.25, 0.3) is 0 Å². The summed E-state index contributed by atoms with van der Waals surface area (Å²) in [4.78, 5) is 24.9. The third kappa shape index (κ3) is 4.62. The molecular formula is C19H25BN2O4. The van der Waals surface area contributed by atoms with Crippen molar-refractivity contribution >= 4 is 18.9 Å². The van der Waals surface area contributed by atoms with Crippen LogP contribution in [0.4, 0.5) is 0 Å². The van der Waals surface area contributed by atoms with Crippen LogP contribution in [-0.2, 0) is 16.1 Å². The van der Waals surface area contributed by atoms with E-state index < -0.39 is 30.3 Å². The molecule has 1 aromatic carbocycles. The number of hydrogen-bond acceptors (Lipinski definition) is 4. The van der Waals surface area contributed by atoms with Gasteiger partial charge in [-0.3, -0.25) is 9.59 Å². The maximum absolute atomic E-state index is 12.6. The average molecular weight is 356 g/mol. The Morgan fingerprint density at radius 3 is 2.50 bits per heavy atom. The topological polar surface area (TPSA) is 98.7 Å². The average Bonchev–Trinajstić information content (AvgIpc) is 2.66. The standard InChI is InChI=1S/C19H25BN2O4/c1-3-19(12-8-7-11-16(19)20(25)26)22-18(24)14(2)17(23)21-13-15-9-5-4-6-10-15/h4-12,14,16,25-26H,3,13H2,1-2H3,(H,21,23)(H,22,24)/t14?,16?,19-/m0/s1. The zero-order valence-corrected chi connectivity index (χ0v) is 15.1. The predicted octanol–water partition coefficient (Wildman–Crippen LogP) is 1.17. The van der Waals surface area contributed by atoms with Crippen LogP contribution in [-0.4, -0.2) is 34.5 Å². The van der Waals surface area contributed by atoms with E-state index in [1.54, 1.807) is 24.3 Å². The van der Waals surface area contributed by atoms with Crippen LogP contribution in [0.2, 0.25) is 5.82 Å². The molecule has 0 bridgehead atoms. The summed E-state index contributed by atoms with van der Waals surface area (Å²) in [5.74, 6) is -2.42. The van der Waals surface area contributed by atoms with Crippen LogP contribution < -0.4 is 10.6 Å². The van der Waals surface area contributed by atoms with E-state index in [4.69, 9.17) is 0 Å². The first kappa shape index (κ1) is 19.9. The van der Waals surface area contributed by atoms with Crippen LogP contribution in [0.15, 0.2) is 54.6 Å². The minimum absolute atomic E-state index is 0.344. The van der Waals surface area contributed by atoms with Gasteiger partial charge in [-0.05, 0) is 18.9 Å². The van der Waals surface area contributed by atoms with Crippen molar-refractivity contribution in [1.82, 2.24) is 10.6 Å². The van der Waals surface area contributed by atoms with E-state index >= 15 is 0 Å². The summed E-state index contributed by atoms with van der Waals surface area (Å²) in [6.45, 7) is 3.72. The second-order valence-corrected chi connectivity index (χ2v) is 6.49. The molecule has 0 aliphatic heterocycles. The summed E-state index contributed by atoms with van der Waals surface area (Å²) in [5.41, 5.74) is 0.0100. The van der Waals surface area contributed by atoms with Crippen LogP contribution >= 0.6 is 0 Å². The Balaban J connectivity index is 2.01. The van der Waals surface area contributed by atoms with Crippen molar-refractivity contribution in [2.24, 2.45) is 5.92 Å². The first-order valence-electron chi connectivity index (χ1n) is 8.75. The van der Waals surface area contributed by atoms with Crippen molar-refractivity contribution in [1.29, 1.82) is 0 Å². The lowest BCUT2D eigenvalue weighted by molar-refractivity contribution is -0.135. The summed E-state index contributed by atoms with van der Waals surface area (Å²) in [6.07, 6.45) is 7.31. The van der Waals surface area contributed by atoms with Gasteiger partial charge in [-0.1, -0.05) is 61.6 Å². The van der Waals surface area contributed by atoms with Crippen LogP contribution in [0.1, 0.15) is 25.8 Å². The van der Waals surface area contributed by atoms with Gasteiger partial charge in [0.05, 0.1) is 5.54 Å². The molecule has 138 valence electrons. The van der Waals surface area contributed by atoms with Crippen molar-refractivity contribution in [2.75, 3.05) is 0 Å². The monoisotopic (exact) mass is 356 g/mol. The molecule has 1 aliphatic carbocycles. The highest BCUT2D eigenvalue weighted by atomic mass is 16.4. The molecule has 2 amide bonds. The molecule has 2 rings (SSSR count). The van der Waals surface area contributed by atoms with E-state index in [0.29, 0.717) is 13.0 Å². The molecule has 3 atom stereocenters. The minimum Gasteiger partial charge on any atom is -0.427 e. The molecule has 26 heavy (non-hydrogen) atoms. The van der Waals surface area contributed by atoms with Gasteiger partial charge in [0.15, 0.2) is 0 Å². The molecule has 4 N–H and O–H groups in total. The molecule has 1 aliphatic rings. The number of nitrogens with one attached hydrogen (secondary N) is 2. The predicted molar refractivity (Wildman–Crippen MR) is 101 cm³/mol. The van der Waals surface area contributed by atoms with Gasteiger partial charge in [-0.25, -0.2) is 0 Å². The SMILES string of the molecule is CC[C@]1(NC(=O)C(C)C(=O)NCc2ccccc2)C=CC=CC1B(O)O. The first-order chi connectivity index (χ1) is 12.4. The highest BCUT2D eigenvalue weighted by molar-refractivity contribution is 6.44. The van der Waals surface area contributed by atoms with Crippen LogP contribution in [0.25, 0.3) is 0 Å². The van der Waals surface area contributed by atoms with Crippen LogP contribution in [0, 0.1) is 5.92 Å². The van der Waals surface area contributed by atoms with Gasteiger partial charge in [-0.2, -0.15) is 0 Å². The fourth-order valence-corrected chi connectivity index (χ4v) is 3.02. The Labute approximate surface area is 154 Å². The Hall–Kier alpha value is -2.38. The van der Waals surface area contributed by atoms with Gasteiger partial charge < -0.3 is 20.7 Å². The van der Waals surface area contributed by atoms with E-state index in [-0.39, 0.29) is 5.91 Å². The number of allylic oxidation sites excluding steroid dienone is 2. The van der Waals surface area contributed by atoms with Gasteiger partial charge in [0.2, 0.25) is 11.8 Å². The first-order valence-corrected chi connectivity index (χ1v) is 8.75. The number of benzene rings is 1. The van der Waals surface area contributed by atoms with E-state index in [0.717, 1.165) is 5.56 Å². The molecule has 0 saturated heterocycles. The molecular weight excluding hydrogens is 331 g/mol. The Morgan fingerprint density at radius 2 is 1.88 bits per heavy atom. The molecule has 0 heterocycles. The van der Waals surface area contributed by atoms with Crippen molar-refractivity contribution in [3.8, 4) is 0 Å². The van der Waals surface area contributed by atoms with Crippen molar-refractivity contribution < 1.29 is 19.6 Å². The lowest BCUT2D eigenvalue weighted by Gasteiger charge is -2.39. The van der Waals surface area contributed by atoms with Gasteiger partial charge >= 0.3 is 7.12 Å². The van der Waals surface area contributed by atoms with E-state index in [9.17, 15) is 19.6 Å². The molecule has 7 heteroatoms. The van der Waals surface area contributed by atoms with Gasteiger partial charge in [0, 0.05) is 12.4 Å². The summed E-state index contributed by atoms with van der Waals surface area (Å²) in [6, 6.07) is 9.44. The normalized spacial score (nSPS) is 22.5. The maximum atomic E-state index is 12.6. The summed E-state index contributed by atoms with van der Waals surface area (Å²) < 4.78 is 0. The maximum Gasteiger partial charge on any atom is 0.461 e. The summed E-state index contributed by atoms with van der Waals surface area (Å²) >= 11 is 0. The summed E-state index contributed by atoms with van der Waals surface area (Å²) in [5, 5.41) is 24.9. The second kappa shape index (κ2) is 8.83.